The SMILES string of the molecule is Oc1cccc(CN2CC[C@H](O)C2)c1. The van der Waals surface area contributed by atoms with Crippen molar-refractivity contribution in [3.8, 4) is 5.75 Å². The van der Waals surface area contributed by atoms with Crippen molar-refractivity contribution in [3.05, 3.63) is 29.8 Å². The third-order valence-corrected chi connectivity index (χ3v) is 2.56. The zero-order chi connectivity index (χ0) is 9.97. The van der Waals surface area contributed by atoms with E-state index >= 15 is 0 Å². The first kappa shape index (κ1) is 9.49. The molecular weight excluding hydrogens is 178 g/mol. The molecule has 0 aliphatic carbocycles. The molecule has 1 fully saturated rings. The van der Waals surface area contributed by atoms with Gasteiger partial charge < -0.3 is 10.2 Å². The van der Waals surface area contributed by atoms with Gasteiger partial charge in [0.25, 0.3) is 0 Å². The molecule has 0 radical (unpaired) electrons. The maximum atomic E-state index is 9.34. The number of nitrogens with zero attached hydrogens (tertiary/aromatic N) is 1. The molecule has 1 aliphatic heterocycles. The van der Waals surface area contributed by atoms with Crippen LogP contribution in [0.25, 0.3) is 0 Å². The third-order valence-electron chi connectivity index (χ3n) is 2.56. The van der Waals surface area contributed by atoms with Gasteiger partial charge in [0.2, 0.25) is 0 Å². The van der Waals surface area contributed by atoms with E-state index in [1.807, 2.05) is 12.1 Å². The van der Waals surface area contributed by atoms with Crippen molar-refractivity contribution < 1.29 is 10.2 Å². The Kier molecular flexibility index (Phi) is 2.70. The summed E-state index contributed by atoms with van der Waals surface area (Å²) < 4.78 is 0. The van der Waals surface area contributed by atoms with Gasteiger partial charge in [0, 0.05) is 19.6 Å². The van der Waals surface area contributed by atoms with E-state index < -0.39 is 0 Å². The fourth-order valence-electron chi connectivity index (χ4n) is 1.87. The van der Waals surface area contributed by atoms with Crippen molar-refractivity contribution in [3.63, 3.8) is 0 Å². The van der Waals surface area contributed by atoms with Crippen molar-refractivity contribution in [2.24, 2.45) is 0 Å². The molecule has 0 bridgehead atoms. The Bertz CT molecular complexity index is 314. The van der Waals surface area contributed by atoms with E-state index in [1.165, 1.54) is 0 Å². The highest BCUT2D eigenvalue weighted by Gasteiger charge is 2.19. The average Bonchev–Trinajstić information content (AvgIpc) is 2.51. The number of phenolic OH excluding ortho intramolecular Hbond substituents is 1. The maximum absolute atomic E-state index is 9.34. The van der Waals surface area contributed by atoms with Crippen molar-refractivity contribution in [1.82, 2.24) is 4.90 Å². The van der Waals surface area contributed by atoms with Gasteiger partial charge in [0.05, 0.1) is 6.10 Å². The molecule has 1 saturated heterocycles. The van der Waals surface area contributed by atoms with Gasteiger partial charge in [-0.3, -0.25) is 4.90 Å². The first-order valence-corrected chi connectivity index (χ1v) is 4.92. The minimum absolute atomic E-state index is 0.174. The van der Waals surface area contributed by atoms with Crippen molar-refractivity contribution >= 4 is 0 Å². The van der Waals surface area contributed by atoms with Gasteiger partial charge >= 0.3 is 0 Å². The number of benzene rings is 1. The first-order valence-electron chi connectivity index (χ1n) is 4.92. The Morgan fingerprint density at radius 3 is 2.93 bits per heavy atom. The number of aliphatic hydroxyl groups excluding tert-OH is 1. The van der Waals surface area contributed by atoms with E-state index in [-0.39, 0.29) is 6.10 Å². The summed E-state index contributed by atoms with van der Waals surface area (Å²) in [5.74, 6) is 0.308. The second-order valence-corrected chi connectivity index (χ2v) is 3.85. The van der Waals surface area contributed by atoms with E-state index in [9.17, 15) is 10.2 Å². The normalized spacial score (nSPS) is 22.8. The molecule has 0 unspecified atom stereocenters. The Hall–Kier alpha value is -1.06. The smallest absolute Gasteiger partial charge is 0.115 e. The molecule has 0 aromatic heterocycles. The molecule has 1 aromatic rings. The molecule has 1 aromatic carbocycles. The van der Waals surface area contributed by atoms with Crippen LogP contribution in [0.5, 0.6) is 5.75 Å². The lowest BCUT2D eigenvalue weighted by Gasteiger charge is -2.14. The summed E-state index contributed by atoms with van der Waals surface area (Å²) in [5.41, 5.74) is 1.10. The Labute approximate surface area is 83.6 Å². The van der Waals surface area contributed by atoms with Gasteiger partial charge in [-0.1, -0.05) is 12.1 Å². The molecule has 0 amide bonds. The highest BCUT2D eigenvalue weighted by Crippen LogP contribution is 2.16. The van der Waals surface area contributed by atoms with Gasteiger partial charge in [-0.2, -0.15) is 0 Å². The van der Waals surface area contributed by atoms with Crippen LogP contribution in [0.15, 0.2) is 24.3 Å². The number of phenols is 1. The standard InChI is InChI=1S/C11H15NO2/c13-10-3-1-2-9(6-10)7-12-5-4-11(14)8-12/h1-3,6,11,13-14H,4-5,7-8H2/t11-/m0/s1. The van der Waals surface area contributed by atoms with E-state index in [0.717, 1.165) is 31.6 Å². The second-order valence-electron chi connectivity index (χ2n) is 3.85. The zero-order valence-electron chi connectivity index (χ0n) is 8.06. The minimum Gasteiger partial charge on any atom is -0.508 e. The number of likely N-dealkylation sites (tertiary alicyclic amines) is 1. The summed E-state index contributed by atoms with van der Waals surface area (Å²) in [7, 11) is 0. The molecule has 14 heavy (non-hydrogen) atoms. The quantitative estimate of drug-likeness (QED) is 0.735. The number of hydrogen-bond donors (Lipinski definition) is 2. The molecule has 2 rings (SSSR count). The third kappa shape index (κ3) is 2.25. The van der Waals surface area contributed by atoms with Crippen LogP contribution in [0.4, 0.5) is 0 Å². The van der Waals surface area contributed by atoms with E-state index in [1.54, 1.807) is 12.1 Å². The Morgan fingerprint density at radius 2 is 2.29 bits per heavy atom. The number of rotatable bonds is 2. The number of hydrogen-bond acceptors (Lipinski definition) is 3. The molecule has 76 valence electrons. The molecular formula is C11H15NO2. The van der Waals surface area contributed by atoms with Gasteiger partial charge in [-0.05, 0) is 24.1 Å². The van der Waals surface area contributed by atoms with Crippen molar-refractivity contribution in [2.45, 2.75) is 19.1 Å². The first-order chi connectivity index (χ1) is 6.74. The van der Waals surface area contributed by atoms with Crippen LogP contribution in [0.2, 0.25) is 0 Å². The summed E-state index contributed by atoms with van der Waals surface area (Å²) in [6.07, 6.45) is 0.686. The fourth-order valence-corrected chi connectivity index (χ4v) is 1.87. The summed E-state index contributed by atoms with van der Waals surface area (Å²) in [4.78, 5) is 2.19. The second kappa shape index (κ2) is 3.98. The number of β-amino-alcohol motifs (C(OH)–C–C–N with tert-alkyl or cyclic N) is 1. The molecule has 1 atom stereocenters. The van der Waals surface area contributed by atoms with Gasteiger partial charge in [-0.25, -0.2) is 0 Å². The van der Waals surface area contributed by atoms with Crippen molar-refractivity contribution in [2.75, 3.05) is 13.1 Å². The zero-order valence-corrected chi connectivity index (χ0v) is 8.06. The summed E-state index contributed by atoms with van der Waals surface area (Å²) in [6, 6.07) is 7.27. The molecule has 3 nitrogen and oxygen atoms in total. The summed E-state index contributed by atoms with van der Waals surface area (Å²) >= 11 is 0. The molecule has 0 saturated carbocycles. The minimum atomic E-state index is -0.174. The van der Waals surface area contributed by atoms with Crippen LogP contribution in [0.1, 0.15) is 12.0 Å². The highest BCUT2D eigenvalue weighted by molar-refractivity contribution is 5.27. The predicted molar refractivity (Wildman–Crippen MR) is 54.0 cm³/mol. The molecule has 1 aliphatic rings. The van der Waals surface area contributed by atoms with E-state index in [4.69, 9.17) is 0 Å². The van der Waals surface area contributed by atoms with E-state index in [2.05, 4.69) is 4.90 Å². The summed E-state index contributed by atoms with van der Waals surface area (Å²) in [6.45, 7) is 2.50. The van der Waals surface area contributed by atoms with Crippen LogP contribution in [0, 0.1) is 0 Å². The summed E-state index contributed by atoms with van der Waals surface area (Å²) in [5, 5.41) is 18.6. The monoisotopic (exact) mass is 193 g/mol. The van der Waals surface area contributed by atoms with Crippen LogP contribution in [0.3, 0.4) is 0 Å². The molecule has 1 heterocycles. The number of aromatic hydroxyl groups is 1. The molecule has 2 N–H and O–H groups in total. The van der Waals surface area contributed by atoms with Crippen molar-refractivity contribution in [1.29, 1.82) is 0 Å². The molecule has 0 spiro atoms. The highest BCUT2D eigenvalue weighted by atomic mass is 16.3. The van der Waals surface area contributed by atoms with E-state index in [0.29, 0.717) is 5.75 Å². The van der Waals surface area contributed by atoms with Gasteiger partial charge in [0.15, 0.2) is 0 Å². The van der Waals surface area contributed by atoms with Gasteiger partial charge in [-0.15, -0.1) is 0 Å². The van der Waals surface area contributed by atoms with Crippen LogP contribution in [-0.4, -0.2) is 34.3 Å². The Morgan fingerprint density at radius 1 is 1.43 bits per heavy atom. The molecule has 3 heteroatoms. The average molecular weight is 193 g/mol. The lowest BCUT2D eigenvalue weighted by atomic mass is 10.2. The fraction of sp³-hybridized carbons (Fsp3) is 0.455. The lowest BCUT2D eigenvalue weighted by molar-refractivity contribution is 0.175. The Balaban J connectivity index is 1.97. The van der Waals surface area contributed by atoms with Crippen LogP contribution in [-0.2, 0) is 6.54 Å². The lowest BCUT2D eigenvalue weighted by Crippen LogP contribution is -2.21. The van der Waals surface area contributed by atoms with Gasteiger partial charge in [0.1, 0.15) is 5.75 Å². The maximum Gasteiger partial charge on any atom is 0.115 e. The largest absolute Gasteiger partial charge is 0.508 e. The number of aliphatic hydroxyl groups is 1. The van der Waals surface area contributed by atoms with Crippen LogP contribution < -0.4 is 0 Å². The topological polar surface area (TPSA) is 43.7 Å². The predicted octanol–water partition coefficient (Wildman–Crippen LogP) is 0.959. The van der Waals surface area contributed by atoms with Crippen LogP contribution >= 0.6 is 0 Å².